The van der Waals surface area contributed by atoms with Crippen LogP contribution in [0, 0.1) is 18.8 Å². The first-order valence-corrected chi connectivity index (χ1v) is 12.9. The molecule has 0 aliphatic heterocycles. The molecule has 2 atom stereocenters. The van der Waals surface area contributed by atoms with Crippen molar-refractivity contribution in [1.29, 1.82) is 0 Å². The molecule has 1 heterocycles. The number of amides is 1. The normalized spacial score (nSPS) is 24.2. The molecule has 2 aliphatic rings. The van der Waals surface area contributed by atoms with Crippen molar-refractivity contribution in [3.63, 3.8) is 0 Å². The summed E-state index contributed by atoms with van der Waals surface area (Å²) in [7, 11) is -3.03. The Labute approximate surface area is 177 Å². The summed E-state index contributed by atoms with van der Waals surface area (Å²) in [5, 5.41) is 4.71. The minimum Gasteiger partial charge on any atom is -0.349 e. The molecule has 2 bridgehead atoms. The van der Waals surface area contributed by atoms with E-state index in [4.69, 9.17) is 11.6 Å². The van der Waals surface area contributed by atoms with Crippen molar-refractivity contribution in [1.82, 2.24) is 9.88 Å². The van der Waals surface area contributed by atoms with Gasteiger partial charge >= 0.3 is 0 Å². The van der Waals surface area contributed by atoms with Crippen molar-refractivity contribution in [2.75, 3.05) is 12.0 Å². The number of hydrogen-bond donors (Lipinski definition) is 1. The van der Waals surface area contributed by atoms with Gasteiger partial charge in [-0.2, -0.15) is 0 Å². The summed E-state index contributed by atoms with van der Waals surface area (Å²) in [4.78, 5) is 13.3. The van der Waals surface area contributed by atoms with Crippen LogP contribution in [0.25, 0.3) is 10.9 Å². The molecule has 1 N–H and O–H groups in total. The van der Waals surface area contributed by atoms with E-state index in [2.05, 4.69) is 5.32 Å². The van der Waals surface area contributed by atoms with Crippen LogP contribution in [0.15, 0.2) is 18.2 Å². The van der Waals surface area contributed by atoms with Gasteiger partial charge < -0.3 is 9.88 Å². The zero-order valence-corrected chi connectivity index (χ0v) is 18.7. The minimum atomic E-state index is -3.03. The second-order valence-corrected chi connectivity index (χ2v) is 11.6. The Morgan fingerprint density at radius 1 is 1.21 bits per heavy atom. The quantitative estimate of drug-likeness (QED) is 0.732. The maximum Gasteiger partial charge on any atom is 0.253 e. The van der Waals surface area contributed by atoms with Gasteiger partial charge in [0.1, 0.15) is 9.84 Å². The molecule has 1 aromatic heterocycles. The van der Waals surface area contributed by atoms with E-state index in [0.717, 1.165) is 41.3 Å². The van der Waals surface area contributed by atoms with Crippen molar-refractivity contribution < 1.29 is 13.2 Å². The highest BCUT2D eigenvalue weighted by Gasteiger charge is 2.35. The van der Waals surface area contributed by atoms with E-state index in [-0.39, 0.29) is 17.7 Å². The van der Waals surface area contributed by atoms with E-state index < -0.39 is 9.84 Å². The number of rotatable bonds is 6. The van der Waals surface area contributed by atoms with E-state index >= 15 is 0 Å². The molecule has 2 saturated carbocycles. The van der Waals surface area contributed by atoms with Crippen molar-refractivity contribution in [2.45, 2.75) is 58.0 Å². The molecule has 2 unspecified atom stereocenters. The summed E-state index contributed by atoms with van der Waals surface area (Å²) < 4.78 is 25.1. The zero-order valence-electron chi connectivity index (χ0n) is 17.1. The molecule has 1 amide bonds. The number of aryl methyl sites for hydroxylation is 1. The fraction of sp³-hybridized carbons (Fsp3) is 0.591. The largest absolute Gasteiger partial charge is 0.349 e. The number of para-hydroxylation sites is 1. The molecular formula is C22H29ClN2O3S. The maximum absolute atomic E-state index is 13.3. The molecule has 4 rings (SSSR count). The number of nitrogens with one attached hydrogen (secondary N) is 1. The van der Waals surface area contributed by atoms with Gasteiger partial charge in [0.15, 0.2) is 0 Å². The van der Waals surface area contributed by atoms with Gasteiger partial charge in [-0.1, -0.05) is 36.6 Å². The van der Waals surface area contributed by atoms with Gasteiger partial charge in [-0.05, 0) is 50.5 Å². The zero-order chi connectivity index (χ0) is 20.8. The lowest BCUT2D eigenvalue weighted by atomic mass is 9.85. The lowest BCUT2D eigenvalue weighted by Crippen LogP contribution is -2.39. The van der Waals surface area contributed by atoms with Crippen LogP contribution < -0.4 is 5.32 Å². The van der Waals surface area contributed by atoms with Gasteiger partial charge in [0.2, 0.25) is 0 Å². The maximum atomic E-state index is 13.3. The first kappa shape index (κ1) is 20.7. The predicted molar refractivity (Wildman–Crippen MR) is 117 cm³/mol. The van der Waals surface area contributed by atoms with Crippen molar-refractivity contribution >= 4 is 38.2 Å². The summed E-state index contributed by atoms with van der Waals surface area (Å²) in [6, 6.07) is 5.86. The number of aromatic nitrogens is 1. The highest BCUT2D eigenvalue weighted by atomic mass is 35.5. The molecule has 0 radical (unpaired) electrons. The summed E-state index contributed by atoms with van der Waals surface area (Å²) in [5.74, 6) is 1.59. The Hall–Kier alpha value is -1.53. The van der Waals surface area contributed by atoms with Crippen molar-refractivity contribution in [2.24, 2.45) is 11.8 Å². The Morgan fingerprint density at radius 2 is 1.90 bits per heavy atom. The first-order chi connectivity index (χ1) is 13.7. The van der Waals surface area contributed by atoms with Gasteiger partial charge in [-0.15, -0.1) is 0 Å². The summed E-state index contributed by atoms with van der Waals surface area (Å²) in [6.07, 6.45) is 7.81. The average Bonchev–Trinajstić information content (AvgIpc) is 3.11. The van der Waals surface area contributed by atoms with Gasteiger partial charge in [0.25, 0.3) is 5.91 Å². The first-order valence-electron chi connectivity index (χ1n) is 10.5. The molecule has 1 aromatic carbocycles. The van der Waals surface area contributed by atoms with Crippen LogP contribution >= 0.6 is 11.6 Å². The highest BCUT2D eigenvalue weighted by Crippen LogP contribution is 2.42. The topological polar surface area (TPSA) is 68.2 Å². The van der Waals surface area contributed by atoms with Gasteiger partial charge in [-0.3, -0.25) is 4.79 Å². The van der Waals surface area contributed by atoms with Crippen LogP contribution in [-0.2, 0) is 16.4 Å². The number of halogens is 1. The molecule has 2 aliphatic carbocycles. The molecular weight excluding hydrogens is 408 g/mol. The third kappa shape index (κ3) is 4.33. The number of nitrogens with zero attached hydrogens (tertiary/aromatic N) is 1. The fourth-order valence-corrected chi connectivity index (χ4v) is 6.35. The van der Waals surface area contributed by atoms with E-state index in [9.17, 15) is 13.2 Å². The number of benzene rings is 1. The lowest BCUT2D eigenvalue weighted by molar-refractivity contribution is 0.0919. The second-order valence-electron chi connectivity index (χ2n) is 8.92. The molecule has 2 fully saturated rings. The molecule has 0 spiro atoms. The smallest absolute Gasteiger partial charge is 0.253 e. The van der Waals surface area contributed by atoms with Crippen LogP contribution in [0.4, 0.5) is 0 Å². The number of hydrogen-bond acceptors (Lipinski definition) is 3. The van der Waals surface area contributed by atoms with E-state index in [1.54, 1.807) is 0 Å². The molecule has 0 saturated heterocycles. The van der Waals surface area contributed by atoms with E-state index in [0.29, 0.717) is 23.6 Å². The Bertz CT molecular complexity index is 1030. The fourth-order valence-electron chi connectivity index (χ4n) is 5.42. The Balaban J connectivity index is 1.62. The second kappa shape index (κ2) is 7.95. The summed E-state index contributed by atoms with van der Waals surface area (Å²) >= 11 is 6.49. The number of fused-ring (bicyclic) bond motifs is 3. The van der Waals surface area contributed by atoms with E-state index in [1.807, 2.05) is 29.7 Å². The third-order valence-electron chi connectivity index (χ3n) is 6.64. The van der Waals surface area contributed by atoms with Crippen molar-refractivity contribution in [3.05, 3.63) is 34.5 Å². The minimum absolute atomic E-state index is 0.0390. The van der Waals surface area contributed by atoms with Crippen LogP contribution in [-0.4, -0.2) is 36.9 Å². The van der Waals surface area contributed by atoms with Crippen LogP contribution in [0.5, 0.6) is 0 Å². The monoisotopic (exact) mass is 436 g/mol. The van der Waals surface area contributed by atoms with Gasteiger partial charge in [0.05, 0.1) is 21.9 Å². The van der Waals surface area contributed by atoms with Gasteiger partial charge in [-0.25, -0.2) is 8.42 Å². The van der Waals surface area contributed by atoms with Crippen molar-refractivity contribution in [3.8, 4) is 0 Å². The van der Waals surface area contributed by atoms with E-state index in [1.165, 1.54) is 25.5 Å². The molecule has 29 heavy (non-hydrogen) atoms. The van der Waals surface area contributed by atoms with Crippen LogP contribution in [0.3, 0.4) is 0 Å². The Kier molecular flexibility index (Phi) is 5.68. The standard InChI is InChI=1S/C22H29ClN2O3S/c1-14-20(22(26)24-17-12-15-7-8-16(11-15)13-17)18-5-3-6-19(23)21(18)25(14)9-4-10-29(2,27)28/h3,5-6,15-17H,4,7-13H2,1-2H3,(H,24,26). The third-order valence-corrected chi connectivity index (χ3v) is 7.97. The SMILES string of the molecule is Cc1c(C(=O)NC2CC3CCC(C3)C2)c2cccc(Cl)c2n1CCCS(C)(=O)=O. The highest BCUT2D eigenvalue weighted by molar-refractivity contribution is 7.90. The van der Waals surface area contributed by atoms with Crippen LogP contribution in [0.2, 0.25) is 5.02 Å². The molecule has 158 valence electrons. The molecule has 2 aromatic rings. The lowest BCUT2D eigenvalue weighted by Gasteiger charge is -2.28. The van der Waals surface area contributed by atoms with Crippen LogP contribution in [0.1, 0.15) is 54.6 Å². The number of sulfone groups is 1. The number of carbonyl (C=O) groups is 1. The molecule has 5 nitrogen and oxygen atoms in total. The number of carbonyl (C=O) groups excluding carboxylic acids is 1. The predicted octanol–water partition coefficient (Wildman–Crippen LogP) is 4.35. The van der Waals surface area contributed by atoms with Gasteiger partial charge in [0, 0.05) is 29.9 Å². The molecule has 7 heteroatoms. The summed E-state index contributed by atoms with van der Waals surface area (Å²) in [5.41, 5.74) is 2.33. The summed E-state index contributed by atoms with van der Waals surface area (Å²) in [6.45, 7) is 2.44. The Morgan fingerprint density at radius 3 is 2.55 bits per heavy atom. The average molecular weight is 437 g/mol.